The fourth-order valence-corrected chi connectivity index (χ4v) is 3.27. The molecule has 118 valence electrons. The van der Waals surface area contributed by atoms with Crippen LogP contribution in [0.3, 0.4) is 0 Å². The van der Waals surface area contributed by atoms with Gasteiger partial charge in [0.25, 0.3) is 0 Å². The highest BCUT2D eigenvalue weighted by molar-refractivity contribution is 7.89. The van der Waals surface area contributed by atoms with E-state index in [9.17, 15) is 22.0 Å². The predicted molar refractivity (Wildman–Crippen MR) is 74.2 cm³/mol. The van der Waals surface area contributed by atoms with Crippen LogP contribution in [0, 0.1) is 18.6 Å². The number of halogens is 2. The molecule has 0 aliphatic rings. The molecule has 0 bridgehead atoms. The first-order valence-electron chi connectivity index (χ1n) is 6.10. The van der Waals surface area contributed by atoms with Gasteiger partial charge in [0.2, 0.25) is 15.9 Å². The molecule has 8 heteroatoms. The maximum absolute atomic E-state index is 13.8. The Balaban J connectivity index is 3.25. The predicted octanol–water partition coefficient (Wildman–Crippen LogP) is 1.42. The first kappa shape index (κ1) is 17.5. The minimum absolute atomic E-state index is 0.00456. The summed E-state index contributed by atoms with van der Waals surface area (Å²) < 4.78 is 53.7. The Bertz CT molecular complexity index is 670. The van der Waals surface area contributed by atoms with Crippen molar-refractivity contribution in [2.24, 2.45) is 0 Å². The molecule has 0 radical (unpaired) electrons. The summed E-state index contributed by atoms with van der Waals surface area (Å²) in [6.07, 6.45) is 0. The van der Waals surface area contributed by atoms with Crippen LogP contribution in [0.1, 0.15) is 19.4 Å². The lowest BCUT2D eigenvalue weighted by molar-refractivity contribution is -0.133. The minimum atomic E-state index is -4.38. The second-order valence-electron chi connectivity index (χ2n) is 5.46. The van der Waals surface area contributed by atoms with Crippen molar-refractivity contribution in [3.63, 3.8) is 0 Å². The van der Waals surface area contributed by atoms with Gasteiger partial charge in [0.15, 0.2) is 0 Å². The smallest absolute Gasteiger partial charge is 0.244 e. The topological polar surface area (TPSA) is 66.5 Å². The summed E-state index contributed by atoms with van der Waals surface area (Å²) in [6.45, 7) is 4.01. The van der Waals surface area contributed by atoms with Crippen LogP contribution in [0.25, 0.3) is 0 Å². The summed E-state index contributed by atoms with van der Waals surface area (Å²) in [5.41, 5.74) is -1.49. The molecular formula is C13H18F2N2O3S. The number of benzene rings is 1. The van der Waals surface area contributed by atoms with Gasteiger partial charge in [-0.2, -0.15) is 4.72 Å². The molecule has 5 nitrogen and oxygen atoms in total. The van der Waals surface area contributed by atoms with E-state index in [0.29, 0.717) is 6.07 Å². The number of amides is 1. The number of rotatable bonds is 4. The molecule has 1 N–H and O–H groups in total. The first-order valence-corrected chi connectivity index (χ1v) is 7.58. The Kier molecular flexibility index (Phi) is 4.74. The third-order valence-corrected chi connectivity index (χ3v) is 4.50. The summed E-state index contributed by atoms with van der Waals surface area (Å²) >= 11 is 0. The van der Waals surface area contributed by atoms with Gasteiger partial charge >= 0.3 is 0 Å². The van der Waals surface area contributed by atoms with Crippen LogP contribution in [-0.2, 0) is 14.8 Å². The highest BCUT2D eigenvalue weighted by Crippen LogP contribution is 2.21. The van der Waals surface area contributed by atoms with Gasteiger partial charge in [0, 0.05) is 14.1 Å². The van der Waals surface area contributed by atoms with Crippen LogP contribution in [-0.4, -0.2) is 38.9 Å². The molecule has 0 atom stereocenters. The third-order valence-electron chi connectivity index (χ3n) is 2.83. The summed E-state index contributed by atoms with van der Waals surface area (Å²) in [7, 11) is -1.45. The Hall–Kier alpha value is -1.54. The number of sulfonamides is 1. The molecule has 0 spiro atoms. The fraction of sp³-hybridized carbons (Fsp3) is 0.462. The second kappa shape index (κ2) is 5.69. The lowest BCUT2D eigenvalue weighted by atomic mass is 10.1. The van der Waals surface area contributed by atoms with E-state index >= 15 is 0 Å². The molecule has 0 aromatic heterocycles. The van der Waals surface area contributed by atoms with Gasteiger partial charge in [0.05, 0.1) is 0 Å². The molecule has 21 heavy (non-hydrogen) atoms. The Morgan fingerprint density at radius 3 is 2.19 bits per heavy atom. The fourth-order valence-electron chi connectivity index (χ4n) is 1.83. The first-order chi connectivity index (χ1) is 9.38. The summed E-state index contributed by atoms with van der Waals surface area (Å²) in [6, 6.07) is 1.40. The quantitative estimate of drug-likeness (QED) is 0.912. The largest absolute Gasteiger partial charge is 0.347 e. The van der Waals surface area contributed by atoms with E-state index in [4.69, 9.17) is 0 Å². The zero-order valence-electron chi connectivity index (χ0n) is 12.5. The van der Waals surface area contributed by atoms with Crippen molar-refractivity contribution in [2.75, 3.05) is 14.1 Å². The van der Waals surface area contributed by atoms with Gasteiger partial charge < -0.3 is 4.90 Å². The van der Waals surface area contributed by atoms with Gasteiger partial charge in [-0.05, 0) is 38.5 Å². The van der Waals surface area contributed by atoms with E-state index < -0.39 is 38.0 Å². The molecule has 0 saturated heterocycles. The molecule has 0 aliphatic heterocycles. The van der Waals surface area contributed by atoms with Crippen molar-refractivity contribution in [1.82, 2.24) is 9.62 Å². The number of aryl methyl sites for hydroxylation is 1. The van der Waals surface area contributed by atoms with Crippen LogP contribution in [0.5, 0.6) is 0 Å². The van der Waals surface area contributed by atoms with E-state index in [2.05, 4.69) is 4.72 Å². The highest BCUT2D eigenvalue weighted by Gasteiger charge is 2.35. The van der Waals surface area contributed by atoms with Crippen LogP contribution >= 0.6 is 0 Å². The number of likely N-dealkylation sites (N-methyl/N-ethyl adjacent to an activating group) is 1. The van der Waals surface area contributed by atoms with E-state index in [1.54, 1.807) is 0 Å². The summed E-state index contributed by atoms with van der Waals surface area (Å²) in [4.78, 5) is 12.3. The zero-order valence-corrected chi connectivity index (χ0v) is 13.3. The second-order valence-corrected chi connectivity index (χ2v) is 7.11. The molecule has 0 fully saturated rings. The monoisotopic (exact) mass is 320 g/mol. The molecular weight excluding hydrogens is 302 g/mol. The molecule has 0 unspecified atom stereocenters. The van der Waals surface area contributed by atoms with Crippen molar-refractivity contribution in [3.05, 3.63) is 29.3 Å². The number of hydrogen-bond donors (Lipinski definition) is 1. The van der Waals surface area contributed by atoms with Crippen molar-refractivity contribution in [3.8, 4) is 0 Å². The maximum Gasteiger partial charge on any atom is 0.244 e. The van der Waals surface area contributed by atoms with Gasteiger partial charge in [-0.25, -0.2) is 17.2 Å². The SMILES string of the molecule is Cc1cc(F)c(S(=O)(=O)NC(C)(C)C(=O)N(C)C)cc1F. The van der Waals surface area contributed by atoms with Crippen LogP contribution in [0.2, 0.25) is 0 Å². The molecule has 1 aromatic rings. The average Bonchev–Trinajstić information content (AvgIpc) is 2.31. The van der Waals surface area contributed by atoms with Gasteiger partial charge in [-0.3, -0.25) is 4.79 Å². The number of carbonyl (C=O) groups excluding carboxylic acids is 1. The molecule has 1 rings (SSSR count). The zero-order chi connectivity index (χ0) is 16.6. The van der Waals surface area contributed by atoms with Crippen molar-refractivity contribution >= 4 is 15.9 Å². The van der Waals surface area contributed by atoms with Gasteiger partial charge in [0.1, 0.15) is 22.1 Å². The summed E-state index contributed by atoms with van der Waals surface area (Å²) in [5.74, 6) is -2.43. The van der Waals surface area contributed by atoms with Gasteiger partial charge in [-0.1, -0.05) is 0 Å². The Morgan fingerprint density at radius 1 is 1.19 bits per heavy atom. The lowest BCUT2D eigenvalue weighted by Crippen LogP contribution is -2.54. The normalized spacial score (nSPS) is 12.3. The molecule has 0 saturated carbocycles. The van der Waals surface area contributed by atoms with E-state index in [1.807, 2.05) is 0 Å². The number of hydrogen-bond acceptors (Lipinski definition) is 3. The van der Waals surface area contributed by atoms with Crippen LogP contribution in [0.4, 0.5) is 8.78 Å². The molecule has 1 amide bonds. The highest BCUT2D eigenvalue weighted by atomic mass is 32.2. The maximum atomic E-state index is 13.8. The molecule has 0 heterocycles. The third kappa shape index (κ3) is 3.76. The Labute approximate surface area is 123 Å². The number of nitrogens with one attached hydrogen (secondary N) is 1. The number of carbonyl (C=O) groups is 1. The van der Waals surface area contributed by atoms with Gasteiger partial charge in [-0.15, -0.1) is 0 Å². The molecule has 1 aromatic carbocycles. The summed E-state index contributed by atoms with van der Waals surface area (Å²) in [5, 5.41) is 0. The van der Waals surface area contributed by atoms with E-state index in [0.717, 1.165) is 6.07 Å². The van der Waals surface area contributed by atoms with E-state index in [1.165, 1.54) is 39.8 Å². The average molecular weight is 320 g/mol. The molecule has 0 aliphatic carbocycles. The lowest BCUT2D eigenvalue weighted by Gasteiger charge is -2.27. The minimum Gasteiger partial charge on any atom is -0.347 e. The van der Waals surface area contributed by atoms with Crippen molar-refractivity contribution < 1.29 is 22.0 Å². The van der Waals surface area contributed by atoms with Crippen molar-refractivity contribution in [2.45, 2.75) is 31.2 Å². The van der Waals surface area contributed by atoms with Crippen LogP contribution < -0.4 is 4.72 Å². The van der Waals surface area contributed by atoms with Crippen molar-refractivity contribution in [1.29, 1.82) is 0 Å². The van der Waals surface area contributed by atoms with E-state index in [-0.39, 0.29) is 5.56 Å². The van der Waals surface area contributed by atoms with Crippen LogP contribution in [0.15, 0.2) is 17.0 Å². The number of nitrogens with zero attached hydrogens (tertiary/aromatic N) is 1. The standard InChI is InChI=1S/C13H18F2N2O3S/c1-8-6-10(15)11(7-9(8)14)21(19,20)16-13(2,3)12(18)17(4)5/h6-7,16H,1-5H3. The Morgan fingerprint density at radius 2 is 1.71 bits per heavy atom.